The number of hydrogen-bond donors (Lipinski definition) is 1. The Labute approximate surface area is 91.9 Å². The number of ether oxygens (including phenoxy) is 1. The van der Waals surface area contributed by atoms with Crippen molar-refractivity contribution in [1.82, 2.24) is 0 Å². The highest BCUT2D eigenvalue weighted by molar-refractivity contribution is 5.32. The Kier molecular flexibility index (Phi) is 3.10. The molecule has 0 aromatic heterocycles. The first-order valence-corrected chi connectivity index (χ1v) is 5.16. The summed E-state index contributed by atoms with van der Waals surface area (Å²) in [5, 5.41) is 9.25. The molecule has 2 nitrogen and oxygen atoms in total. The molecule has 84 valence electrons. The molecule has 1 aromatic carbocycles. The lowest BCUT2D eigenvalue weighted by atomic mass is 9.72. The van der Waals surface area contributed by atoms with Crippen LogP contribution in [0.25, 0.3) is 0 Å². The first-order valence-electron chi connectivity index (χ1n) is 5.16. The molecule has 0 atom stereocenters. The quantitative estimate of drug-likeness (QED) is 0.827. The third-order valence-electron chi connectivity index (χ3n) is 3.60. The maximum Gasteiger partial charge on any atom is 0.115 e. The van der Waals surface area contributed by atoms with Gasteiger partial charge in [-0.05, 0) is 31.5 Å². The molecule has 15 heavy (non-hydrogen) atoms. The van der Waals surface area contributed by atoms with Gasteiger partial charge in [-0.1, -0.05) is 26.0 Å². The summed E-state index contributed by atoms with van der Waals surface area (Å²) in [6.45, 7) is 8.42. The summed E-state index contributed by atoms with van der Waals surface area (Å²) < 4.78 is 5.52. The average molecular weight is 208 g/mol. The van der Waals surface area contributed by atoms with Crippen molar-refractivity contribution in [2.24, 2.45) is 0 Å². The Morgan fingerprint density at radius 1 is 1.00 bits per heavy atom. The summed E-state index contributed by atoms with van der Waals surface area (Å²) in [7, 11) is 1.72. The Balaban J connectivity index is 3.10. The minimum atomic E-state index is -0.246. The molecule has 0 fully saturated rings. The molecule has 0 amide bonds. The predicted molar refractivity (Wildman–Crippen MR) is 62.2 cm³/mol. The summed E-state index contributed by atoms with van der Waals surface area (Å²) in [6, 6.07) is 7.30. The van der Waals surface area contributed by atoms with Crippen LogP contribution in [0.2, 0.25) is 0 Å². The summed E-state index contributed by atoms with van der Waals surface area (Å²) in [4.78, 5) is 0. The smallest absolute Gasteiger partial charge is 0.115 e. The lowest BCUT2D eigenvalue weighted by Gasteiger charge is -2.41. The van der Waals surface area contributed by atoms with Crippen LogP contribution in [-0.2, 0) is 10.2 Å². The molecule has 2 heteroatoms. The van der Waals surface area contributed by atoms with E-state index in [2.05, 4.69) is 27.7 Å². The maximum absolute atomic E-state index is 9.25. The Hall–Kier alpha value is -1.02. The van der Waals surface area contributed by atoms with Gasteiger partial charge in [0.2, 0.25) is 0 Å². The van der Waals surface area contributed by atoms with E-state index < -0.39 is 0 Å². The Morgan fingerprint density at radius 3 is 1.87 bits per heavy atom. The van der Waals surface area contributed by atoms with Gasteiger partial charge in [0.25, 0.3) is 0 Å². The summed E-state index contributed by atoms with van der Waals surface area (Å²) >= 11 is 0. The maximum atomic E-state index is 9.25. The number of phenolic OH excluding ortho intramolecular Hbond substituents is 1. The highest BCUT2D eigenvalue weighted by Gasteiger charge is 2.38. The zero-order valence-corrected chi connectivity index (χ0v) is 10.2. The van der Waals surface area contributed by atoms with Crippen molar-refractivity contribution in [1.29, 1.82) is 0 Å². The minimum Gasteiger partial charge on any atom is -0.508 e. The molecule has 0 aliphatic heterocycles. The van der Waals surface area contributed by atoms with E-state index in [1.165, 1.54) is 0 Å². The van der Waals surface area contributed by atoms with Crippen LogP contribution in [0.4, 0.5) is 0 Å². The number of benzene rings is 1. The van der Waals surface area contributed by atoms with Gasteiger partial charge in [0.05, 0.1) is 5.60 Å². The lowest BCUT2D eigenvalue weighted by molar-refractivity contribution is -0.0342. The summed E-state index contributed by atoms with van der Waals surface area (Å²) in [5.74, 6) is 0.296. The first kappa shape index (κ1) is 12.1. The molecule has 0 aliphatic carbocycles. The van der Waals surface area contributed by atoms with Gasteiger partial charge in [0.1, 0.15) is 5.75 Å². The molecule has 1 aromatic rings. The van der Waals surface area contributed by atoms with E-state index in [9.17, 15) is 5.11 Å². The fourth-order valence-corrected chi connectivity index (χ4v) is 1.48. The van der Waals surface area contributed by atoms with Crippen LogP contribution in [0.1, 0.15) is 33.3 Å². The Morgan fingerprint density at radius 2 is 1.47 bits per heavy atom. The van der Waals surface area contributed by atoms with Crippen molar-refractivity contribution in [2.75, 3.05) is 7.11 Å². The van der Waals surface area contributed by atoms with E-state index in [1.807, 2.05) is 12.1 Å². The van der Waals surface area contributed by atoms with Gasteiger partial charge in [0, 0.05) is 12.5 Å². The van der Waals surface area contributed by atoms with Crippen LogP contribution < -0.4 is 0 Å². The third kappa shape index (κ3) is 2.15. The van der Waals surface area contributed by atoms with Crippen LogP contribution in [-0.4, -0.2) is 17.8 Å². The van der Waals surface area contributed by atoms with Gasteiger partial charge in [-0.2, -0.15) is 0 Å². The molecular weight excluding hydrogens is 188 g/mol. The lowest BCUT2D eigenvalue weighted by Crippen LogP contribution is -2.44. The van der Waals surface area contributed by atoms with E-state index in [-0.39, 0.29) is 11.0 Å². The van der Waals surface area contributed by atoms with Crippen molar-refractivity contribution < 1.29 is 9.84 Å². The molecule has 0 saturated heterocycles. The number of hydrogen-bond acceptors (Lipinski definition) is 2. The van der Waals surface area contributed by atoms with Crippen LogP contribution >= 0.6 is 0 Å². The molecule has 0 unspecified atom stereocenters. The van der Waals surface area contributed by atoms with Crippen LogP contribution in [0, 0.1) is 0 Å². The van der Waals surface area contributed by atoms with Gasteiger partial charge in [-0.3, -0.25) is 0 Å². The fraction of sp³-hybridized carbons (Fsp3) is 0.538. The second-order valence-electron chi connectivity index (χ2n) is 4.89. The topological polar surface area (TPSA) is 29.5 Å². The van der Waals surface area contributed by atoms with Crippen molar-refractivity contribution >= 4 is 0 Å². The number of methoxy groups -OCH3 is 1. The monoisotopic (exact) mass is 208 g/mol. The van der Waals surface area contributed by atoms with Crippen molar-refractivity contribution in [3.63, 3.8) is 0 Å². The van der Waals surface area contributed by atoms with Gasteiger partial charge in [-0.15, -0.1) is 0 Å². The zero-order valence-electron chi connectivity index (χ0n) is 10.2. The van der Waals surface area contributed by atoms with Crippen LogP contribution in [0.5, 0.6) is 5.75 Å². The van der Waals surface area contributed by atoms with Crippen molar-refractivity contribution in [3.8, 4) is 5.75 Å². The average Bonchev–Trinajstić information content (AvgIpc) is 2.18. The van der Waals surface area contributed by atoms with Crippen LogP contribution in [0.3, 0.4) is 0 Å². The van der Waals surface area contributed by atoms with E-state index in [0.29, 0.717) is 5.75 Å². The van der Waals surface area contributed by atoms with Gasteiger partial charge in [0.15, 0.2) is 0 Å². The predicted octanol–water partition coefficient (Wildman–Crippen LogP) is 3.09. The van der Waals surface area contributed by atoms with E-state index in [1.54, 1.807) is 19.2 Å². The molecule has 0 spiro atoms. The molecular formula is C13H20O2. The van der Waals surface area contributed by atoms with Crippen molar-refractivity contribution in [2.45, 2.75) is 38.7 Å². The second kappa shape index (κ2) is 3.86. The second-order valence-corrected chi connectivity index (χ2v) is 4.89. The minimum absolute atomic E-state index is 0.102. The zero-order chi connectivity index (χ0) is 11.7. The molecule has 1 rings (SSSR count). The first-order chi connectivity index (χ1) is 6.81. The molecule has 1 N–H and O–H groups in total. The van der Waals surface area contributed by atoms with Gasteiger partial charge >= 0.3 is 0 Å². The fourth-order valence-electron chi connectivity index (χ4n) is 1.48. The largest absolute Gasteiger partial charge is 0.508 e. The highest BCUT2D eigenvalue weighted by Crippen LogP contribution is 2.37. The van der Waals surface area contributed by atoms with E-state index in [0.717, 1.165) is 5.56 Å². The SMILES string of the molecule is COC(C)(C)C(C)(C)c1ccc(O)cc1. The van der Waals surface area contributed by atoms with Gasteiger partial charge < -0.3 is 9.84 Å². The van der Waals surface area contributed by atoms with E-state index in [4.69, 9.17) is 4.74 Å². The summed E-state index contributed by atoms with van der Waals surface area (Å²) in [6.07, 6.45) is 0. The van der Waals surface area contributed by atoms with Crippen LogP contribution in [0.15, 0.2) is 24.3 Å². The number of phenols is 1. The summed E-state index contributed by atoms with van der Waals surface area (Å²) in [5.41, 5.74) is 0.812. The molecule has 0 bridgehead atoms. The van der Waals surface area contributed by atoms with E-state index >= 15 is 0 Å². The Bertz CT molecular complexity index is 323. The highest BCUT2D eigenvalue weighted by atomic mass is 16.5. The number of rotatable bonds is 3. The number of aromatic hydroxyl groups is 1. The van der Waals surface area contributed by atoms with Crippen molar-refractivity contribution in [3.05, 3.63) is 29.8 Å². The molecule has 0 heterocycles. The van der Waals surface area contributed by atoms with Gasteiger partial charge in [-0.25, -0.2) is 0 Å². The normalized spacial score (nSPS) is 12.9. The molecule has 0 radical (unpaired) electrons. The molecule has 0 aliphatic rings. The third-order valence-corrected chi connectivity index (χ3v) is 3.60. The molecule has 0 saturated carbocycles. The standard InChI is InChI=1S/C13H20O2/c1-12(2,13(3,4)15-5)10-6-8-11(14)9-7-10/h6-9,14H,1-5H3.